The number of aryl methyl sites for hydroxylation is 2. The minimum Gasteiger partial charge on any atom is -0.441 e. The lowest BCUT2D eigenvalue weighted by Gasteiger charge is -2.25. The highest BCUT2D eigenvalue weighted by atomic mass is 16.5. The smallest absolute Gasteiger partial charge is 0.196 e. The lowest BCUT2D eigenvalue weighted by Crippen LogP contribution is -2.19. The van der Waals surface area contributed by atoms with E-state index in [1.165, 1.54) is 11.3 Å². The van der Waals surface area contributed by atoms with Crippen LogP contribution < -0.4 is 5.32 Å². The number of allylic oxidation sites excluding steroid dienone is 4. The molecule has 5 nitrogen and oxygen atoms in total. The lowest BCUT2D eigenvalue weighted by molar-refractivity contribution is 0.205. The van der Waals surface area contributed by atoms with Crippen molar-refractivity contribution in [3.8, 4) is 0 Å². The Morgan fingerprint density at radius 3 is 2.92 bits per heavy atom. The maximum absolute atomic E-state index is 6.11. The summed E-state index contributed by atoms with van der Waals surface area (Å²) in [5, 5.41) is 4.60. The summed E-state index contributed by atoms with van der Waals surface area (Å²) >= 11 is 0. The molecule has 0 bridgehead atoms. The van der Waals surface area contributed by atoms with Crippen LogP contribution in [0.3, 0.4) is 0 Å². The first-order valence-electron chi connectivity index (χ1n) is 8.79. The zero-order valence-corrected chi connectivity index (χ0v) is 15.8. The van der Waals surface area contributed by atoms with E-state index in [0.29, 0.717) is 6.54 Å². The Balaban J connectivity index is 1.52. The van der Waals surface area contributed by atoms with Gasteiger partial charge >= 0.3 is 0 Å². The zero-order valence-electron chi connectivity index (χ0n) is 15.8. The molecule has 26 heavy (non-hydrogen) atoms. The summed E-state index contributed by atoms with van der Waals surface area (Å²) in [7, 11) is 5.99. The number of nitrogens with zero attached hydrogens (tertiary/aromatic N) is 3. The van der Waals surface area contributed by atoms with E-state index in [2.05, 4.69) is 41.6 Å². The summed E-state index contributed by atoms with van der Waals surface area (Å²) < 4.78 is 8.22. The first-order valence-corrected chi connectivity index (χ1v) is 8.79. The molecule has 2 aliphatic rings. The van der Waals surface area contributed by atoms with Crippen LogP contribution >= 0.6 is 0 Å². The van der Waals surface area contributed by atoms with Gasteiger partial charge in [-0.1, -0.05) is 12.7 Å². The first-order chi connectivity index (χ1) is 12.4. The van der Waals surface area contributed by atoms with E-state index in [1.807, 2.05) is 38.2 Å². The minimum absolute atomic E-state index is 0.675. The Morgan fingerprint density at radius 1 is 1.35 bits per heavy atom. The monoisotopic (exact) mass is 348 g/mol. The molecule has 0 aromatic carbocycles. The van der Waals surface area contributed by atoms with Crippen LogP contribution in [-0.2, 0) is 11.8 Å². The second-order valence-corrected chi connectivity index (χ2v) is 7.05. The van der Waals surface area contributed by atoms with Crippen LogP contribution in [0, 0.1) is 6.92 Å². The van der Waals surface area contributed by atoms with Gasteiger partial charge in [0.05, 0.1) is 0 Å². The van der Waals surface area contributed by atoms with Crippen molar-refractivity contribution in [2.24, 2.45) is 7.05 Å². The molecule has 0 atom stereocenters. The van der Waals surface area contributed by atoms with Crippen molar-refractivity contribution in [1.82, 2.24) is 14.5 Å². The summed E-state index contributed by atoms with van der Waals surface area (Å²) in [6, 6.07) is 6.29. The molecule has 0 amide bonds. The number of hydrogen-bond acceptors (Lipinski definition) is 4. The number of anilines is 1. The van der Waals surface area contributed by atoms with E-state index < -0.39 is 0 Å². The SMILES string of the molecule is C=C1C=C(N(C)C)OC2=C1CC=C2CNc1ccc2cc(C)n(C)c2n1. The van der Waals surface area contributed by atoms with Gasteiger partial charge in [0.15, 0.2) is 5.88 Å². The average Bonchev–Trinajstić information content (AvgIpc) is 3.15. The summed E-state index contributed by atoms with van der Waals surface area (Å²) in [6.07, 6.45) is 5.07. The topological polar surface area (TPSA) is 42.3 Å². The molecule has 2 aromatic heterocycles. The van der Waals surface area contributed by atoms with Gasteiger partial charge in [-0.2, -0.15) is 0 Å². The molecule has 5 heteroatoms. The van der Waals surface area contributed by atoms with Crippen LogP contribution in [0.2, 0.25) is 0 Å². The third kappa shape index (κ3) is 2.69. The highest BCUT2D eigenvalue weighted by molar-refractivity contribution is 5.79. The number of hydrogen-bond donors (Lipinski definition) is 1. The van der Waals surface area contributed by atoms with Crippen molar-refractivity contribution in [1.29, 1.82) is 0 Å². The van der Waals surface area contributed by atoms with E-state index >= 15 is 0 Å². The Morgan fingerprint density at radius 2 is 2.15 bits per heavy atom. The van der Waals surface area contributed by atoms with Crippen molar-refractivity contribution in [2.75, 3.05) is 26.0 Å². The summed E-state index contributed by atoms with van der Waals surface area (Å²) in [6.45, 7) is 6.95. The molecular weight excluding hydrogens is 324 g/mol. The molecule has 0 fully saturated rings. The van der Waals surface area contributed by atoms with Gasteiger partial charge in [0.1, 0.15) is 17.2 Å². The number of nitrogens with one attached hydrogen (secondary N) is 1. The number of pyridine rings is 1. The number of rotatable bonds is 4. The van der Waals surface area contributed by atoms with Gasteiger partial charge in [0.25, 0.3) is 0 Å². The molecule has 0 saturated heterocycles. The van der Waals surface area contributed by atoms with Crippen LogP contribution in [0.1, 0.15) is 12.1 Å². The molecule has 134 valence electrons. The Kier molecular flexibility index (Phi) is 3.87. The molecule has 2 aromatic rings. The summed E-state index contributed by atoms with van der Waals surface area (Å²) in [5.41, 5.74) is 5.55. The Labute approximate surface area is 154 Å². The maximum Gasteiger partial charge on any atom is 0.196 e. The molecule has 1 aliphatic carbocycles. The van der Waals surface area contributed by atoms with Crippen LogP contribution in [-0.4, -0.2) is 35.1 Å². The fraction of sp³-hybridized carbons (Fsp3) is 0.286. The summed E-state index contributed by atoms with van der Waals surface area (Å²) in [4.78, 5) is 6.71. The molecule has 1 aliphatic heterocycles. The average molecular weight is 348 g/mol. The molecule has 3 heterocycles. The highest BCUT2D eigenvalue weighted by Crippen LogP contribution is 2.37. The van der Waals surface area contributed by atoms with E-state index in [9.17, 15) is 0 Å². The fourth-order valence-corrected chi connectivity index (χ4v) is 3.37. The van der Waals surface area contributed by atoms with E-state index in [0.717, 1.165) is 46.1 Å². The predicted octanol–water partition coefficient (Wildman–Crippen LogP) is 3.87. The number of ether oxygens (including phenoxy) is 1. The predicted molar refractivity (Wildman–Crippen MR) is 106 cm³/mol. The molecule has 0 saturated carbocycles. The van der Waals surface area contributed by atoms with Gasteiger partial charge in [-0.05, 0) is 37.1 Å². The fourth-order valence-electron chi connectivity index (χ4n) is 3.37. The van der Waals surface area contributed by atoms with Gasteiger partial charge in [-0.25, -0.2) is 4.98 Å². The lowest BCUT2D eigenvalue weighted by atomic mass is 10.0. The van der Waals surface area contributed by atoms with Gasteiger partial charge in [0.2, 0.25) is 0 Å². The molecule has 1 N–H and O–H groups in total. The molecule has 0 unspecified atom stereocenters. The van der Waals surface area contributed by atoms with Crippen molar-refractivity contribution in [3.63, 3.8) is 0 Å². The largest absolute Gasteiger partial charge is 0.441 e. The highest BCUT2D eigenvalue weighted by Gasteiger charge is 2.26. The van der Waals surface area contributed by atoms with Gasteiger partial charge in [-0.3, -0.25) is 0 Å². The zero-order chi connectivity index (χ0) is 18.4. The Hall–Kier alpha value is -2.95. The van der Waals surface area contributed by atoms with Crippen molar-refractivity contribution >= 4 is 16.9 Å². The quantitative estimate of drug-likeness (QED) is 0.911. The molecular formula is C21H24N4O. The van der Waals surface area contributed by atoms with Gasteiger partial charge < -0.3 is 19.5 Å². The van der Waals surface area contributed by atoms with Crippen LogP contribution in [0.25, 0.3) is 11.0 Å². The Bertz CT molecular complexity index is 1000. The van der Waals surface area contributed by atoms with Crippen molar-refractivity contribution < 1.29 is 4.74 Å². The van der Waals surface area contributed by atoms with Crippen LogP contribution in [0.5, 0.6) is 0 Å². The van der Waals surface area contributed by atoms with Crippen LogP contribution in [0.4, 0.5) is 5.82 Å². The third-order valence-corrected chi connectivity index (χ3v) is 5.03. The third-order valence-electron chi connectivity index (χ3n) is 5.03. The van der Waals surface area contributed by atoms with Gasteiger partial charge in [0, 0.05) is 56.0 Å². The summed E-state index contributed by atoms with van der Waals surface area (Å²) in [5.74, 6) is 2.62. The normalized spacial score (nSPS) is 16.4. The second-order valence-electron chi connectivity index (χ2n) is 7.05. The van der Waals surface area contributed by atoms with E-state index in [-0.39, 0.29) is 0 Å². The van der Waals surface area contributed by atoms with E-state index in [4.69, 9.17) is 9.72 Å². The first kappa shape index (κ1) is 16.5. The van der Waals surface area contributed by atoms with Crippen molar-refractivity contribution in [3.05, 3.63) is 71.0 Å². The second kappa shape index (κ2) is 6.09. The molecule has 0 spiro atoms. The number of fused-ring (bicyclic) bond motifs is 1. The van der Waals surface area contributed by atoms with E-state index in [1.54, 1.807) is 0 Å². The molecule has 4 rings (SSSR count). The number of aromatic nitrogens is 2. The van der Waals surface area contributed by atoms with Gasteiger partial charge in [-0.15, -0.1) is 0 Å². The maximum atomic E-state index is 6.11. The van der Waals surface area contributed by atoms with Crippen molar-refractivity contribution in [2.45, 2.75) is 13.3 Å². The molecule has 0 radical (unpaired) electrons. The standard InChI is InChI=1S/C21H24N4O/c1-13-10-19(24(3)4)26-20-16(6-8-17(13)20)12-22-18-9-7-15-11-14(2)25(5)21(15)23-18/h6-7,9-11H,1,8,12H2,2-5H3,(H,22,23). The van der Waals surface area contributed by atoms with Crippen LogP contribution in [0.15, 0.2) is 65.3 Å². The minimum atomic E-state index is 0.675.